The standard InChI is InChI=1S/C13H13NO2S/c1-7(13(15)16)9-4-5-10-11(6-9)17-12(14-10)8-2-3-8/h4-8H,2-3H2,1H3,(H,15,16). The molecule has 0 spiro atoms. The number of hydrogen-bond acceptors (Lipinski definition) is 3. The normalized spacial score (nSPS) is 17.2. The third-order valence-electron chi connectivity index (χ3n) is 3.23. The summed E-state index contributed by atoms with van der Waals surface area (Å²) in [4.78, 5) is 15.5. The Morgan fingerprint density at radius 3 is 2.94 bits per heavy atom. The quantitative estimate of drug-likeness (QED) is 0.904. The van der Waals surface area contributed by atoms with Gasteiger partial charge in [0.05, 0.1) is 21.1 Å². The molecule has 1 unspecified atom stereocenters. The van der Waals surface area contributed by atoms with E-state index >= 15 is 0 Å². The lowest BCUT2D eigenvalue weighted by Gasteiger charge is -2.05. The molecule has 88 valence electrons. The second-order valence-corrected chi connectivity index (χ2v) is 5.68. The molecule has 1 aliphatic rings. The highest BCUT2D eigenvalue weighted by Gasteiger charge is 2.27. The van der Waals surface area contributed by atoms with E-state index in [0.29, 0.717) is 5.92 Å². The number of carbonyl (C=O) groups is 1. The van der Waals surface area contributed by atoms with Gasteiger partial charge in [-0.25, -0.2) is 4.98 Å². The molecule has 3 rings (SSSR count). The first-order valence-corrected chi connectivity index (χ1v) is 6.60. The zero-order valence-electron chi connectivity index (χ0n) is 9.51. The Bertz CT molecular complexity index is 586. The maximum Gasteiger partial charge on any atom is 0.310 e. The van der Waals surface area contributed by atoms with Gasteiger partial charge in [0.15, 0.2) is 0 Å². The zero-order valence-corrected chi connectivity index (χ0v) is 10.3. The summed E-state index contributed by atoms with van der Waals surface area (Å²) < 4.78 is 1.11. The summed E-state index contributed by atoms with van der Waals surface area (Å²) in [6, 6.07) is 5.78. The average molecular weight is 247 g/mol. The highest BCUT2D eigenvalue weighted by atomic mass is 32.1. The lowest BCUT2D eigenvalue weighted by molar-refractivity contribution is -0.138. The molecule has 2 aromatic rings. The molecule has 4 heteroatoms. The van der Waals surface area contributed by atoms with Crippen molar-refractivity contribution in [1.82, 2.24) is 4.98 Å². The van der Waals surface area contributed by atoms with Crippen LogP contribution in [0.1, 0.15) is 42.2 Å². The molecule has 0 radical (unpaired) electrons. The molecule has 1 heterocycles. The first-order valence-electron chi connectivity index (χ1n) is 5.78. The van der Waals surface area contributed by atoms with Gasteiger partial charge in [-0.3, -0.25) is 4.79 Å². The lowest BCUT2D eigenvalue weighted by atomic mass is 10.0. The fourth-order valence-electron chi connectivity index (χ4n) is 1.88. The minimum atomic E-state index is -0.781. The van der Waals surface area contributed by atoms with Crippen molar-refractivity contribution < 1.29 is 9.90 Å². The van der Waals surface area contributed by atoms with Gasteiger partial charge in [-0.1, -0.05) is 6.07 Å². The predicted molar refractivity (Wildman–Crippen MR) is 67.6 cm³/mol. The molecule has 3 nitrogen and oxygen atoms in total. The fraction of sp³-hybridized carbons (Fsp3) is 0.385. The Morgan fingerprint density at radius 2 is 2.29 bits per heavy atom. The van der Waals surface area contributed by atoms with Gasteiger partial charge in [0.2, 0.25) is 0 Å². The molecular weight excluding hydrogens is 234 g/mol. The van der Waals surface area contributed by atoms with E-state index in [1.807, 2.05) is 18.2 Å². The average Bonchev–Trinajstić information content (AvgIpc) is 3.07. The largest absolute Gasteiger partial charge is 0.481 e. The fourth-order valence-corrected chi connectivity index (χ4v) is 3.06. The number of hydrogen-bond donors (Lipinski definition) is 1. The molecule has 0 aliphatic heterocycles. The van der Waals surface area contributed by atoms with Crippen LogP contribution in [-0.4, -0.2) is 16.1 Å². The van der Waals surface area contributed by atoms with Crippen molar-refractivity contribution in [3.8, 4) is 0 Å². The summed E-state index contributed by atoms with van der Waals surface area (Å²) in [6.45, 7) is 1.71. The van der Waals surface area contributed by atoms with Crippen molar-refractivity contribution >= 4 is 27.5 Å². The highest BCUT2D eigenvalue weighted by Crippen LogP contribution is 2.43. The van der Waals surface area contributed by atoms with E-state index in [1.54, 1.807) is 18.3 Å². The molecule has 1 aromatic carbocycles. The van der Waals surface area contributed by atoms with Crippen LogP contribution in [0.4, 0.5) is 0 Å². The van der Waals surface area contributed by atoms with Crippen LogP contribution < -0.4 is 0 Å². The van der Waals surface area contributed by atoms with Crippen LogP contribution in [0.15, 0.2) is 18.2 Å². The Labute approximate surface area is 103 Å². The van der Waals surface area contributed by atoms with Crippen LogP contribution in [0.25, 0.3) is 10.2 Å². The van der Waals surface area contributed by atoms with Crippen molar-refractivity contribution in [3.63, 3.8) is 0 Å². The van der Waals surface area contributed by atoms with E-state index in [9.17, 15) is 4.79 Å². The van der Waals surface area contributed by atoms with Crippen molar-refractivity contribution in [2.24, 2.45) is 0 Å². The van der Waals surface area contributed by atoms with Crippen LogP contribution in [0.3, 0.4) is 0 Å². The highest BCUT2D eigenvalue weighted by molar-refractivity contribution is 7.18. The molecule has 0 amide bonds. The van der Waals surface area contributed by atoms with Gasteiger partial charge in [0.1, 0.15) is 0 Å². The molecule has 1 atom stereocenters. The van der Waals surface area contributed by atoms with Crippen LogP contribution in [0.5, 0.6) is 0 Å². The summed E-state index contributed by atoms with van der Waals surface area (Å²) in [5.41, 5.74) is 1.86. The van der Waals surface area contributed by atoms with Crippen molar-refractivity contribution in [1.29, 1.82) is 0 Å². The second kappa shape index (κ2) is 3.81. The summed E-state index contributed by atoms with van der Waals surface area (Å²) in [5.74, 6) is -0.574. The van der Waals surface area contributed by atoms with Crippen molar-refractivity contribution in [2.75, 3.05) is 0 Å². The molecule has 1 fully saturated rings. The number of aromatic nitrogens is 1. The van der Waals surface area contributed by atoms with E-state index in [1.165, 1.54) is 17.8 Å². The summed E-state index contributed by atoms with van der Waals surface area (Å²) in [6.07, 6.45) is 2.50. The predicted octanol–water partition coefficient (Wildman–Crippen LogP) is 3.36. The Kier molecular flexibility index (Phi) is 2.40. The van der Waals surface area contributed by atoms with Crippen molar-refractivity contribution in [2.45, 2.75) is 31.6 Å². The van der Waals surface area contributed by atoms with Gasteiger partial charge in [-0.15, -0.1) is 11.3 Å². The molecule has 0 bridgehead atoms. The van der Waals surface area contributed by atoms with Crippen molar-refractivity contribution in [3.05, 3.63) is 28.8 Å². The van der Waals surface area contributed by atoms with Gasteiger partial charge < -0.3 is 5.11 Å². The zero-order chi connectivity index (χ0) is 12.0. The van der Waals surface area contributed by atoms with E-state index in [4.69, 9.17) is 5.11 Å². The Balaban J connectivity index is 2.02. The number of fused-ring (bicyclic) bond motifs is 1. The summed E-state index contributed by atoms with van der Waals surface area (Å²) in [5, 5.41) is 10.2. The number of aliphatic carboxylic acids is 1. The van der Waals surface area contributed by atoms with Gasteiger partial charge in [0.25, 0.3) is 0 Å². The maximum atomic E-state index is 10.9. The van der Waals surface area contributed by atoms with Crippen LogP contribution in [-0.2, 0) is 4.79 Å². The third kappa shape index (κ3) is 1.93. The molecular formula is C13H13NO2S. The second-order valence-electron chi connectivity index (χ2n) is 4.61. The maximum absolute atomic E-state index is 10.9. The number of nitrogens with zero attached hydrogens (tertiary/aromatic N) is 1. The van der Waals surface area contributed by atoms with E-state index in [0.717, 1.165) is 15.8 Å². The number of benzene rings is 1. The Hall–Kier alpha value is -1.42. The van der Waals surface area contributed by atoms with Crippen LogP contribution >= 0.6 is 11.3 Å². The van der Waals surface area contributed by atoms with E-state index in [-0.39, 0.29) is 0 Å². The molecule has 1 aliphatic carbocycles. The number of carboxylic acids is 1. The lowest BCUT2D eigenvalue weighted by Crippen LogP contribution is -2.06. The first-order chi connectivity index (χ1) is 8.15. The molecule has 1 saturated carbocycles. The van der Waals surface area contributed by atoms with Gasteiger partial charge in [-0.2, -0.15) is 0 Å². The Morgan fingerprint density at radius 1 is 1.53 bits per heavy atom. The van der Waals surface area contributed by atoms with Gasteiger partial charge in [-0.05, 0) is 37.5 Å². The molecule has 1 N–H and O–H groups in total. The van der Waals surface area contributed by atoms with E-state index in [2.05, 4.69) is 4.98 Å². The monoisotopic (exact) mass is 247 g/mol. The number of rotatable bonds is 3. The SMILES string of the molecule is CC(C(=O)O)c1ccc2nc(C3CC3)sc2c1. The molecule has 0 saturated heterocycles. The van der Waals surface area contributed by atoms with Crippen LogP contribution in [0, 0.1) is 0 Å². The third-order valence-corrected chi connectivity index (χ3v) is 4.41. The number of carboxylic acid groups (broad SMARTS) is 1. The topological polar surface area (TPSA) is 50.2 Å². The van der Waals surface area contributed by atoms with Crippen LogP contribution in [0.2, 0.25) is 0 Å². The van der Waals surface area contributed by atoms with Gasteiger partial charge >= 0.3 is 5.97 Å². The minimum absolute atomic E-state index is 0.453. The molecule has 1 aromatic heterocycles. The molecule has 17 heavy (non-hydrogen) atoms. The number of thiazole rings is 1. The minimum Gasteiger partial charge on any atom is -0.481 e. The summed E-state index contributed by atoms with van der Waals surface area (Å²) in [7, 11) is 0. The first kappa shape index (κ1) is 10.7. The van der Waals surface area contributed by atoms with Gasteiger partial charge in [0, 0.05) is 5.92 Å². The van der Waals surface area contributed by atoms with E-state index < -0.39 is 11.9 Å². The summed E-state index contributed by atoms with van der Waals surface area (Å²) >= 11 is 1.71. The smallest absolute Gasteiger partial charge is 0.310 e.